The molecule has 8 heteroatoms. The summed E-state index contributed by atoms with van der Waals surface area (Å²) >= 11 is 5.52. The van der Waals surface area contributed by atoms with Gasteiger partial charge in [0.25, 0.3) is 0 Å². The average molecular weight is 420 g/mol. The van der Waals surface area contributed by atoms with Crippen LogP contribution in [0.1, 0.15) is 11.1 Å². The Morgan fingerprint density at radius 2 is 2.05 bits per heavy atom. The van der Waals surface area contributed by atoms with E-state index in [4.69, 9.17) is 17.3 Å². The van der Waals surface area contributed by atoms with Crippen LogP contribution in [0.25, 0.3) is 0 Å². The van der Waals surface area contributed by atoms with Gasteiger partial charge in [-0.15, -0.1) is 24.0 Å². The maximum atomic E-state index is 12.5. The quantitative estimate of drug-likeness (QED) is 0.446. The fraction of sp³-hybridized carbons (Fsp3) is 0.250. The molecule has 0 aromatic heterocycles. The van der Waals surface area contributed by atoms with Crippen molar-refractivity contribution in [3.63, 3.8) is 0 Å². The summed E-state index contributed by atoms with van der Waals surface area (Å²) in [6, 6.07) is 4.92. The first-order valence-corrected chi connectivity index (χ1v) is 5.70. The van der Waals surface area contributed by atoms with Crippen molar-refractivity contribution in [1.29, 1.82) is 0 Å². The van der Waals surface area contributed by atoms with Gasteiger partial charge in [0, 0.05) is 5.03 Å². The number of benzene rings is 1. The number of alkyl halides is 3. The molecule has 1 aromatic carbocycles. The molecular formula is C12H14ClF3IN3. The fourth-order valence-corrected chi connectivity index (χ4v) is 1.33. The van der Waals surface area contributed by atoms with Crippen LogP contribution in [-0.4, -0.2) is 12.5 Å². The van der Waals surface area contributed by atoms with E-state index >= 15 is 0 Å². The maximum Gasteiger partial charge on any atom is 0.416 e. The van der Waals surface area contributed by atoms with Crippen LogP contribution in [0, 0.1) is 0 Å². The van der Waals surface area contributed by atoms with Crippen LogP contribution in [-0.2, 0) is 12.7 Å². The van der Waals surface area contributed by atoms with Crippen LogP contribution in [0.3, 0.4) is 0 Å². The van der Waals surface area contributed by atoms with Crippen molar-refractivity contribution in [2.45, 2.75) is 12.7 Å². The predicted octanol–water partition coefficient (Wildman–Crippen LogP) is 3.48. The summed E-state index contributed by atoms with van der Waals surface area (Å²) in [5.41, 5.74) is 5.22. The molecule has 1 rings (SSSR count). The van der Waals surface area contributed by atoms with Crippen molar-refractivity contribution in [1.82, 2.24) is 5.32 Å². The Morgan fingerprint density at radius 3 is 2.60 bits per heavy atom. The first-order chi connectivity index (χ1) is 8.79. The SMILES string of the molecule is C=C(Cl)CNC(N)=NCc1cccc(C(F)(F)F)c1.I. The van der Waals surface area contributed by atoms with Gasteiger partial charge in [-0.3, -0.25) is 0 Å². The molecule has 0 saturated heterocycles. The molecule has 0 unspecified atom stereocenters. The molecule has 0 bridgehead atoms. The second kappa shape index (κ2) is 8.35. The Labute approximate surface area is 137 Å². The first kappa shape index (κ1) is 19.0. The maximum absolute atomic E-state index is 12.5. The third-order valence-electron chi connectivity index (χ3n) is 2.15. The van der Waals surface area contributed by atoms with Crippen LogP contribution in [0.4, 0.5) is 13.2 Å². The minimum atomic E-state index is -4.36. The Bertz CT molecular complexity index is 489. The van der Waals surface area contributed by atoms with Gasteiger partial charge in [0.05, 0.1) is 18.7 Å². The Hall–Kier alpha value is -0.960. The van der Waals surface area contributed by atoms with Gasteiger partial charge in [0.15, 0.2) is 5.96 Å². The molecule has 3 N–H and O–H groups in total. The zero-order chi connectivity index (χ0) is 14.5. The fourth-order valence-electron chi connectivity index (χ4n) is 1.26. The molecule has 0 amide bonds. The molecule has 112 valence electrons. The Kier molecular flexibility index (Phi) is 7.95. The summed E-state index contributed by atoms with van der Waals surface area (Å²) in [6.45, 7) is 3.75. The topological polar surface area (TPSA) is 50.4 Å². The van der Waals surface area contributed by atoms with Crippen molar-refractivity contribution in [3.8, 4) is 0 Å². The number of guanidine groups is 1. The lowest BCUT2D eigenvalue weighted by Gasteiger charge is -2.08. The van der Waals surface area contributed by atoms with E-state index in [2.05, 4.69) is 16.9 Å². The third kappa shape index (κ3) is 6.99. The largest absolute Gasteiger partial charge is 0.416 e. The number of nitrogens with zero attached hydrogens (tertiary/aromatic N) is 1. The number of aliphatic imine (C=N–C) groups is 1. The van der Waals surface area contributed by atoms with Gasteiger partial charge in [-0.05, 0) is 17.7 Å². The molecule has 0 fully saturated rings. The molecular weight excluding hydrogens is 406 g/mol. The number of nitrogens with one attached hydrogen (secondary N) is 1. The minimum Gasteiger partial charge on any atom is -0.370 e. The van der Waals surface area contributed by atoms with E-state index < -0.39 is 11.7 Å². The molecule has 1 aromatic rings. The molecule has 0 atom stereocenters. The Morgan fingerprint density at radius 1 is 1.40 bits per heavy atom. The zero-order valence-corrected chi connectivity index (χ0v) is 13.5. The molecule has 0 aliphatic rings. The highest BCUT2D eigenvalue weighted by atomic mass is 127. The van der Waals surface area contributed by atoms with Gasteiger partial charge in [-0.25, -0.2) is 4.99 Å². The first-order valence-electron chi connectivity index (χ1n) is 5.32. The van der Waals surface area contributed by atoms with Crippen LogP contribution in [0.2, 0.25) is 0 Å². The van der Waals surface area contributed by atoms with Crippen LogP contribution in [0.15, 0.2) is 40.9 Å². The van der Waals surface area contributed by atoms with Gasteiger partial charge >= 0.3 is 6.18 Å². The molecule has 0 saturated carbocycles. The normalized spacial score (nSPS) is 11.7. The highest BCUT2D eigenvalue weighted by Gasteiger charge is 2.30. The summed E-state index contributed by atoms with van der Waals surface area (Å²) < 4.78 is 37.4. The van der Waals surface area contributed by atoms with Gasteiger partial charge in [-0.2, -0.15) is 13.2 Å². The molecule has 0 spiro atoms. The second-order valence-electron chi connectivity index (χ2n) is 3.77. The third-order valence-corrected chi connectivity index (χ3v) is 2.28. The van der Waals surface area contributed by atoms with Crippen LogP contribution < -0.4 is 11.1 Å². The van der Waals surface area contributed by atoms with E-state index in [0.29, 0.717) is 10.6 Å². The number of nitrogens with two attached hydrogens (primary N) is 1. The summed E-state index contributed by atoms with van der Waals surface area (Å²) in [5, 5.41) is 3.03. The summed E-state index contributed by atoms with van der Waals surface area (Å²) in [6.07, 6.45) is -4.36. The monoisotopic (exact) mass is 419 g/mol. The summed E-state index contributed by atoms with van der Waals surface area (Å²) in [7, 11) is 0. The van der Waals surface area contributed by atoms with Gasteiger partial charge < -0.3 is 11.1 Å². The molecule has 0 radical (unpaired) electrons. The van der Waals surface area contributed by atoms with E-state index in [1.165, 1.54) is 6.07 Å². The molecule has 0 heterocycles. The van der Waals surface area contributed by atoms with Crippen molar-refractivity contribution < 1.29 is 13.2 Å². The number of hydrogen-bond acceptors (Lipinski definition) is 1. The van der Waals surface area contributed by atoms with E-state index in [1.54, 1.807) is 6.07 Å². The number of halogens is 5. The lowest BCUT2D eigenvalue weighted by atomic mass is 10.1. The van der Waals surface area contributed by atoms with E-state index in [9.17, 15) is 13.2 Å². The lowest BCUT2D eigenvalue weighted by molar-refractivity contribution is -0.137. The van der Waals surface area contributed by atoms with Gasteiger partial charge in [0.1, 0.15) is 0 Å². The van der Waals surface area contributed by atoms with Crippen molar-refractivity contribution >= 4 is 41.5 Å². The molecule has 0 aliphatic carbocycles. The van der Waals surface area contributed by atoms with Gasteiger partial charge in [0.2, 0.25) is 0 Å². The highest BCUT2D eigenvalue weighted by molar-refractivity contribution is 14.0. The zero-order valence-electron chi connectivity index (χ0n) is 10.4. The standard InChI is InChI=1S/C12H13ClF3N3.HI/c1-8(13)6-18-11(17)19-7-9-3-2-4-10(5-9)12(14,15)16;/h2-5H,1,6-7H2,(H3,17,18,19);1H. The molecule has 0 aliphatic heterocycles. The summed E-state index contributed by atoms with van der Waals surface area (Å²) in [4.78, 5) is 3.91. The van der Waals surface area contributed by atoms with Crippen molar-refractivity contribution in [2.24, 2.45) is 10.7 Å². The smallest absolute Gasteiger partial charge is 0.370 e. The number of hydrogen-bond donors (Lipinski definition) is 2. The number of rotatable bonds is 4. The van der Waals surface area contributed by atoms with Crippen molar-refractivity contribution in [3.05, 3.63) is 47.0 Å². The minimum absolute atomic E-state index is 0. The van der Waals surface area contributed by atoms with Crippen LogP contribution in [0.5, 0.6) is 0 Å². The van der Waals surface area contributed by atoms with E-state index in [1.807, 2.05) is 0 Å². The highest BCUT2D eigenvalue weighted by Crippen LogP contribution is 2.29. The average Bonchev–Trinajstić information content (AvgIpc) is 2.33. The van der Waals surface area contributed by atoms with E-state index in [0.717, 1.165) is 12.1 Å². The summed E-state index contributed by atoms with van der Waals surface area (Å²) in [5.74, 6) is 0.0965. The second-order valence-corrected chi connectivity index (χ2v) is 4.30. The Balaban J connectivity index is 0.00000361. The van der Waals surface area contributed by atoms with Gasteiger partial charge in [-0.1, -0.05) is 30.3 Å². The lowest BCUT2D eigenvalue weighted by Crippen LogP contribution is -2.32. The van der Waals surface area contributed by atoms with Crippen molar-refractivity contribution in [2.75, 3.05) is 6.54 Å². The van der Waals surface area contributed by atoms with E-state index in [-0.39, 0.29) is 43.0 Å². The molecule has 3 nitrogen and oxygen atoms in total. The molecule has 20 heavy (non-hydrogen) atoms. The van der Waals surface area contributed by atoms with Crippen LogP contribution >= 0.6 is 35.6 Å². The predicted molar refractivity (Wildman–Crippen MR) is 85.2 cm³/mol.